The molecule has 0 unspecified atom stereocenters. The molecule has 0 saturated carbocycles. The van der Waals surface area contributed by atoms with Gasteiger partial charge in [0.15, 0.2) is 47.2 Å². The summed E-state index contributed by atoms with van der Waals surface area (Å²) in [6, 6.07) is 47.6. The zero-order chi connectivity index (χ0) is 109. The number of aromatic nitrogens is 5. The molecule has 16 rings (SSSR count). The van der Waals surface area contributed by atoms with Gasteiger partial charge in [-0.25, -0.2) is 19.5 Å². The number of anilines is 3. The number of allylic oxidation sites excluding steroid dienone is 3. The number of benzene rings is 10. The van der Waals surface area contributed by atoms with E-state index in [9.17, 15) is 34.6 Å². The molecule has 1 aliphatic heterocycles. The van der Waals surface area contributed by atoms with Crippen molar-refractivity contribution in [3.63, 3.8) is 0 Å². The number of amides is 3. The molecule has 7 N–H and O–H groups in total. The molecule has 3 amide bonds. The number of nitrogens with zero attached hydrogens (tertiary/aromatic N) is 8. The lowest BCUT2D eigenvalue weighted by Gasteiger charge is -2.33. The summed E-state index contributed by atoms with van der Waals surface area (Å²) < 4.78 is 94.1. The molecule has 0 spiro atoms. The molecule has 0 atom stereocenters. The van der Waals surface area contributed by atoms with Crippen molar-refractivity contribution in [3.05, 3.63) is 330 Å². The second-order valence-electron chi connectivity index (χ2n) is 32.2. The summed E-state index contributed by atoms with van der Waals surface area (Å²) in [4.78, 5) is 68.6. The minimum atomic E-state index is -0.658. The first-order valence-electron chi connectivity index (χ1n) is 46.6. The largest absolute Gasteiger partial charge is 0.502 e. The maximum absolute atomic E-state index is 11.6. The fourth-order valence-corrected chi connectivity index (χ4v) is 15.0. The number of oxazole rings is 3. The van der Waals surface area contributed by atoms with Crippen LogP contribution in [0.25, 0.3) is 55.2 Å². The first kappa shape index (κ1) is 116. The van der Waals surface area contributed by atoms with Gasteiger partial charge in [0.25, 0.3) is 0 Å². The van der Waals surface area contributed by atoms with E-state index in [1.54, 1.807) is 133 Å². The number of likely N-dealkylation sites (tertiary alicyclic amines) is 1. The van der Waals surface area contributed by atoms with E-state index in [0.717, 1.165) is 164 Å². The number of hydrogen-bond acceptors (Lipinski definition) is 30. The highest BCUT2D eigenvalue weighted by atomic mass is 16.6. The first-order chi connectivity index (χ1) is 71.7. The monoisotopic (exact) mass is 2040 g/mol. The van der Waals surface area contributed by atoms with E-state index >= 15 is 0 Å². The summed E-state index contributed by atoms with van der Waals surface area (Å²) in [7, 11) is 16.2. The number of nitrogen functional groups attached to an aromatic ring is 1. The van der Waals surface area contributed by atoms with Crippen molar-refractivity contribution < 1.29 is 113 Å². The van der Waals surface area contributed by atoms with E-state index < -0.39 is 9.85 Å². The molecule has 0 aliphatic carbocycles. The summed E-state index contributed by atoms with van der Waals surface area (Å²) in [5.41, 5.74) is 24.3. The van der Waals surface area contributed by atoms with E-state index in [2.05, 4.69) is 93.4 Å². The zero-order valence-electron chi connectivity index (χ0n) is 86.5. The number of rotatable bonds is 36. The third-order valence-electron chi connectivity index (χ3n) is 21.9. The van der Waals surface area contributed by atoms with Crippen molar-refractivity contribution in [1.82, 2.24) is 24.4 Å². The summed E-state index contributed by atoms with van der Waals surface area (Å²) >= 11 is 0. The number of phenols is 1. The number of nitro groups is 2. The second kappa shape index (κ2) is 59.3. The van der Waals surface area contributed by atoms with Crippen LogP contribution in [0, 0.1) is 41.0 Å². The van der Waals surface area contributed by atoms with Gasteiger partial charge in [0.1, 0.15) is 112 Å². The number of carbonyl (C=O) groups is 3. The van der Waals surface area contributed by atoms with E-state index in [1.807, 2.05) is 113 Å². The molecule has 0 bridgehead atoms. The van der Waals surface area contributed by atoms with E-state index in [4.69, 9.17) is 95.9 Å². The fourth-order valence-electron chi connectivity index (χ4n) is 15.0. The average molecular weight is 2040 g/mol. The van der Waals surface area contributed by atoms with Gasteiger partial charge < -0.3 is 112 Å². The number of nitro benzene ring substituents is 2. The Morgan fingerprint density at radius 2 is 0.899 bits per heavy atom. The SMILES string of the molecule is C=CCOc1cc(OC)ccc1N.C=CCOc1cc(OC)ccc1NC(C)=O.C=CCOc1cc(OC)ccc1NC(C)=O.C=CCOc1cc(OC)ccc1[N+](=O)[O-].C=CCc1c(OC)ccc2nc(C)oc12.C=CCc1c(OC)ccc2nc(C)oc12.C=CCc1cc2nc(C)oc2cc1OC.COc1ccc([N+](=O)[O-])c(O)c1.COc1ccc2c[n+](C)oc2c1CCN1CCC(n2ccc3ccc(C(N)=O)cc32)CC1. The highest BCUT2D eigenvalue weighted by Gasteiger charge is 2.26. The summed E-state index contributed by atoms with van der Waals surface area (Å²) in [5, 5.41) is 37.5. The molecular weight excluding hydrogens is 1910 g/mol. The molecule has 37 heteroatoms. The molecule has 15 aromatic rings. The average Bonchev–Trinajstić information content (AvgIpc) is 1.66. The van der Waals surface area contributed by atoms with Crippen molar-refractivity contribution in [1.29, 1.82) is 0 Å². The number of fused-ring (bicyclic) bond motifs is 5. The molecule has 786 valence electrons. The van der Waals surface area contributed by atoms with Crippen molar-refractivity contribution in [2.24, 2.45) is 12.8 Å². The van der Waals surface area contributed by atoms with E-state index in [0.29, 0.717) is 106 Å². The second-order valence-corrected chi connectivity index (χ2v) is 32.2. The van der Waals surface area contributed by atoms with Gasteiger partial charge in [0.2, 0.25) is 35.3 Å². The molecule has 6 heterocycles. The van der Waals surface area contributed by atoms with Gasteiger partial charge in [-0.3, -0.25) is 34.6 Å². The van der Waals surface area contributed by atoms with E-state index in [-0.39, 0.29) is 47.2 Å². The van der Waals surface area contributed by atoms with Gasteiger partial charge in [-0.15, -0.1) is 19.7 Å². The lowest BCUT2D eigenvalue weighted by molar-refractivity contribution is -0.841. The van der Waals surface area contributed by atoms with Gasteiger partial charge in [-0.1, -0.05) is 74.9 Å². The maximum Gasteiger partial charge on any atom is 0.311 e. The fraction of sp³-hybridized carbons (Fsp3) is 0.259. The van der Waals surface area contributed by atoms with Crippen LogP contribution >= 0.6 is 0 Å². The maximum atomic E-state index is 11.6. The van der Waals surface area contributed by atoms with Crippen LogP contribution in [0.1, 0.15) is 83.0 Å². The Bertz CT molecular complexity index is 6910. The minimum Gasteiger partial charge on any atom is -0.502 e. The van der Waals surface area contributed by atoms with Crippen LogP contribution in [0.4, 0.5) is 28.4 Å². The Hall–Kier alpha value is -18.0. The molecule has 5 aromatic heterocycles. The minimum absolute atomic E-state index is 0.0855. The molecule has 149 heavy (non-hydrogen) atoms. The van der Waals surface area contributed by atoms with Crippen LogP contribution < -0.4 is 88.4 Å². The molecule has 1 aliphatic rings. The highest BCUT2D eigenvalue weighted by Crippen LogP contribution is 2.39. The number of nitrogens with two attached hydrogens (primary N) is 2. The van der Waals surface area contributed by atoms with Crippen LogP contribution in [0.3, 0.4) is 0 Å². The number of aromatic hydroxyl groups is 1. The van der Waals surface area contributed by atoms with Gasteiger partial charge >= 0.3 is 11.4 Å². The third kappa shape index (κ3) is 34.1. The number of ether oxygens (including phenoxy) is 13. The van der Waals surface area contributed by atoms with Crippen LogP contribution in [-0.2, 0) is 42.3 Å². The van der Waals surface area contributed by atoms with Gasteiger partial charge in [0.05, 0.1) is 96.3 Å². The molecule has 10 aromatic carbocycles. The number of nitrogens with one attached hydrogen (secondary N) is 2. The summed E-state index contributed by atoms with van der Waals surface area (Å²) in [6.07, 6.45) is 21.3. The Balaban J connectivity index is 0.000000208. The molecule has 1 fully saturated rings. The predicted octanol–water partition coefficient (Wildman–Crippen LogP) is 21.6. The topological polar surface area (TPSA) is 457 Å². The van der Waals surface area contributed by atoms with Gasteiger partial charge in [-0.05, 0) is 158 Å². The van der Waals surface area contributed by atoms with Crippen molar-refractivity contribution in [2.75, 3.05) is 126 Å². The first-order valence-corrected chi connectivity index (χ1v) is 46.6. The lowest BCUT2D eigenvalue weighted by atomic mass is 10.0. The number of primary amides is 1. The Morgan fingerprint density at radius 1 is 0.470 bits per heavy atom. The number of phenolic OH excluding ortho intramolecular Hbond substituents is 1. The molecule has 1 saturated heterocycles. The van der Waals surface area contributed by atoms with Crippen LogP contribution in [-0.4, -0.2) is 167 Å². The van der Waals surface area contributed by atoms with Gasteiger partial charge in [0, 0.05) is 148 Å². The predicted molar refractivity (Wildman–Crippen MR) is 576 cm³/mol. The van der Waals surface area contributed by atoms with Crippen molar-refractivity contribution >= 4 is 101 Å². The number of methoxy groups -OCH3 is 9. The Morgan fingerprint density at radius 3 is 1.36 bits per heavy atom. The van der Waals surface area contributed by atoms with E-state index in [1.165, 1.54) is 70.5 Å². The summed E-state index contributed by atoms with van der Waals surface area (Å²) in [5.74, 6) is 9.19. The lowest BCUT2D eigenvalue weighted by Crippen LogP contribution is -2.35. The number of piperidine rings is 1. The number of carbonyl (C=O) groups excluding carboxylic acids is 3. The normalized spacial score (nSPS) is 11.1. The van der Waals surface area contributed by atoms with Crippen LogP contribution in [0.5, 0.6) is 80.5 Å². The molecular formula is C112H129N12O25+. The quantitative estimate of drug-likeness (QED) is 0.00800. The zero-order valence-corrected chi connectivity index (χ0v) is 86.5. The Kier molecular flexibility index (Phi) is 46.2. The van der Waals surface area contributed by atoms with Gasteiger partial charge in [-0.2, -0.15) is 0 Å². The highest BCUT2D eigenvalue weighted by molar-refractivity contribution is 5.97. The standard InChI is InChI=1S/C25H28N4O3.2C12H15NO3.3C12H13NO2.C10H11NO4.C10H13NO2.C7H7NO4/c1-27-16-19-5-6-23(31-2)21(24(19)32-27)10-13-28-11-8-20(9-12-28)29-14-7-17-3-4-18(25(26)30)15-22(17)29;2*1-4-7-16-12-8-10(15-3)5-6-11(12)13-9(2)14;1-4-5-9-6-10-12(7-11(9)14-3)15-8(2)13-10;2*1-4-5-9-11(14-3)7-6-10-12(9)15-8(2)13-10;1-3-6-15-10-7-8(14-2)4-5-9(10)11(12)13;1-3-6-13-10-7-8(12-2)4-5-9(10)11;1-12-5-2-3-6(8(10)11)7(9)4-5/h3-7,14-16,20H,8-13H2,1-2H3,(H-,26,30);2*4-6,8H,1,7H2,2-3H3,(H,13,14);3*4,6-7H,1,5H2,2-3H3;3-5,7H,1,6H2,2H3;3-5,7H,1,6,11H2,2H3;2-4,9H,1H3/p+1. The smallest absolute Gasteiger partial charge is 0.311 e. The number of aryl methyl sites for hydroxylation is 4. The van der Waals surface area contributed by atoms with Crippen molar-refractivity contribution in [3.8, 4) is 80.5 Å². The summed E-state index contributed by atoms with van der Waals surface area (Å²) in [6.45, 7) is 38.2. The molecule has 37 nitrogen and oxygen atoms in total. The molecule has 0 radical (unpaired) electrons. The van der Waals surface area contributed by atoms with Crippen LogP contribution in [0.15, 0.2) is 283 Å². The Labute approximate surface area is 864 Å². The van der Waals surface area contributed by atoms with Crippen LogP contribution in [0.2, 0.25) is 0 Å². The van der Waals surface area contributed by atoms with Crippen molar-refractivity contribution in [2.45, 2.75) is 79.2 Å². The number of hydrogen-bond donors (Lipinski definition) is 5. The third-order valence-corrected chi connectivity index (χ3v) is 21.9.